The predicted octanol–water partition coefficient (Wildman–Crippen LogP) is 1.84. The van der Waals surface area contributed by atoms with Gasteiger partial charge in [-0.15, -0.1) is 0 Å². The highest BCUT2D eigenvalue weighted by atomic mass is 31.2. The molecule has 1 aliphatic heterocycles. The molecule has 1 aromatic rings. The molecule has 0 aliphatic carbocycles. The standard InChI is InChI=1S/C8H10NO3P/c9-6-13(10)11-8(12-13)7-4-2-1-3-5-7/h1-5,8H,6,9H2. The van der Waals surface area contributed by atoms with E-state index in [-0.39, 0.29) is 6.29 Å². The van der Waals surface area contributed by atoms with Gasteiger partial charge in [-0.25, -0.2) is 0 Å². The molecule has 0 atom stereocenters. The molecule has 0 radical (unpaired) electrons. The molecule has 2 rings (SSSR count). The van der Waals surface area contributed by atoms with Gasteiger partial charge in [0.1, 0.15) is 0 Å². The summed E-state index contributed by atoms with van der Waals surface area (Å²) in [6, 6.07) is 9.33. The largest absolute Gasteiger partial charge is 0.349 e. The molecule has 0 spiro atoms. The summed E-state index contributed by atoms with van der Waals surface area (Å²) in [6.45, 7) is 0. The molecule has 1 aromatic carbocycles. The molecule has 4 nitrogen and oxygen atoms in total. The lowest BCUT2D eigenvalue weighted by atomic mass is 10.2. The van der Waals surface area contributed by atoms with Gasteiger partial charge in [-0.05, 0) is 0 Å². The van der Waals surface area contributed by atoms with Crippen LogP contribution < -0.4 is 5.73 Å². The van der Waals surface area contributed by atoms with Gasteiger partial charge in [0.15, 0.2) is 0 Å². The molecule has 1 heterocycles. The Balaban J connectivity index is 2.06. The van der Waals surface area contributed by atoms with Crippen molar-refractivity contribution in [2.75, 3.05) is 6.29 Å². The zero-order chi connectivity index (χ0) is 9.31. The van der Waals surface area contributed by atoms with Gasteiger partial charge in [0.2, 0.25) is 6.29 Å². The normalized spacial score (nSPS) is 32.5. The Kier molecular flexibility index (Phi) is 2.22. The van der Waals surface area contributed by atoms with Crippen LogP contribution in [0.5, 0.6) is 0 Å². The third-order valence-electron chi connectivity index (χ3n) is 1.81. The SMILES string of the molecule is NCP1(=O)OC(c2ccccc2)O1. The maximum atomic E-state index is 11.3. The number of benzene rings is 1. The minimum atomic E-state index is -2.92. The fourth-order valence-electron chi connectivity index (χ4n) is 1.12. The van der Waals surface area contributed by atoms with Crippen molar-refractivity contribution in [3.05, 3.63) is 35.9 Å². The van der Waals surface area contributed by atoms with Gasteiger partial charge in [-0.1, -0.05) is 30.3 Å². The summed E-state index contributed by atoms with van der Waals surface area (Å²) in [7, 11) is -2.92. The monoisotopic (exact) mass is 199 g/mol. The van der Waals surface area contributed by atoms with E-state index < -0.39 is 13.9 Å². The first-order valence-electron chi connectivity index (χ1n) is 3.94. The van der Waals surface area contributed by atoms with Crippen LogP contribution in [0, 0.1) is 0 Å². The van der Waals surface area contributed by atoms with E-state index in [4.69, 9.17) is 14.8 Å². The highest BCUT2D eigenvalue weighted by Gasteiger charge is 2.42. The summed E-state index contributed by atoms with van der Waals surface area (Å²) < 4.78 is 21.4. The van der Waals surface area contributed by atoms with E-state index in [1.54, 1.807) is 0 Å². The van der Waals surface area contributed by atoms with Crippen LogP contribution in [-0.2, 0) is 13.6 Å². The maximum absolute atomic E-state index is 11.3. The zero-order valence-electron chi connectivity index (χ0n) is 6.92. The van der Waals surface area contributed by atoms with Crippen molar-refractivity contribution in [2.45, 2.75) is 6.29 Å². The number of hydrogen-bond donors (Lipinski definition) is 1. The molecular weight excluding hydrogens is 189 g/mol. The van der Waals surface area contributed by atoms with E-state index in [0.29, 0.717) is 0 Å². The molecule has 0 unspecified atom stereocenters. The Labute approximate surface area is 76.2 Å². The minimum Gasteiger partial charge on any atom is -0.320 e. The van der Waals surface area contributed by atoms with Crippen LogP contribution in [0.4, 0.5) is 0 Å². The lowest BCUT2D eigenvalue weighted by Gasteiger charge is -2.34. The molecule has 1 saturated heterocycles. The molecule has 13 heavy (non-hydrogen) atoms. The Morgan fingerprint density at radius 1 is 1.31 bits per heavy atom. The lowest BCUT2D eigenvalue weighted by Crippen LogP contribution is -2.22. The van der Waals surface area contributed by atoms with Crippen LogP contribution >= 0.6 is 7.60 Å². The topological polar surface area (TPSA) is 61.6 Å². The van der Waals surface area contributed by atoms with Crippen LogP contribution in [0.2, 0.25) is 0 Å². The molecule has 70 valence electrons. The van der Waals surface area contributed by atoms with Crippen molar-refractivity contribution in [2.24, 2.45) is 5.73 Å². The van der Waals surface area contributed by atoms with Gasteiger partial charge in [0.05, 0.1) is 6.29 Å². The van der Waals surface area contributed by atoms with Crippen LogP contribution in [0.25, 0.3) is 0 Å². The van der Waals surface area contributed by atoms with Crippen LogP contribution in [0.15, 0.2) is 30.3 Å². The van der Waals surface area contributed by atoms with Crippen molar-refractivity contribution in [1.82, 2.24) is 0 Å². The fraction of sp³-hybridized carbons (Fsp3) is 0.250. The lowest BCUT2D eigenvalue weighted by molar-refractivity contribution is -0.0946. The highest BCUT2D eigenvalue weighted by molar-refractivity contribution is 7.54. The van der Waals surface area contributed by atoms with Gasteiger partial charge in [0, 0.05) is 5.56 Å². The van der Waals surface area contributed by atoms with Gasteiger partial charge in [-0.3, -0.25) is 13.6 Å². The van der Waals surface area contributed by atoms with E-state index in [1.807, 2.05) is 30.3 Å². The Morgan fingerprint density at radius 2 is 1.92 bits per heavy atom. The van der Waals surface area contributed by atoms with Crippen molar-refractivity contribution in [3.8, 4) is 0 Å². The second-order valence-electron chi connectivity index (χ2n) is 2.75. The summed E-state index contributed by atoms with van der Waals surface area (Å²) >= 11 is 0. The molecule has 0 amide bonds. The van der Waals surface area contributed by atoms with E-state index in [1.165, 1.54) is 0 Å². The van der Waals surface area contributed by atoms with Crippen LogP contribution in [-0.4, -0.2) is 6.29 Å². The van der Waals surface area contributed by atoms with E-state index in [2.05, 4.69) is 0 Å². The van der Waals surface area contributed by atoms with Crippen LogP contribution in [0.1, 0.15) is 11.9 Å². The molecule has 0 bridgehead atoms. The number of rotatable bonds is 2. The van der Waals surface area contributed by atoms with Crippen molar-refractivity contribution in [1.29, 1.82) is 0 Å². The Morgan fingerprint density at radius 3 is 2.46 bits per heavy atom. The maximum Gasteiger partial charge on any atom is 0.349 e. The summed E-state index contributed by atoms with van der Waals surface area (Å²) in [5.41, 5.74) is 6.06. The van der Waals surface area contributed by atoms with Gasteiger partial charge in [-0.2, -0.15) is 0 Å². The van der Waals surface area contributed by atoms with E-state index in [9.17, 15) is 4.57 Å². The van der Waals surface area contributed by atoms with Gasteiger partial charge >= 0.3 is 7.60 Å². The quantitative estimate of drug-likeness (QED) is 0.738. The highest BCUT2D eigenvalue weighted by Crippen LogP contribution is 2.63. The summed E-state index contributed by atoms with van der Waals surface area (Å²) in [4.78, 5) is 0. The van der Waals surface area contributed by atoms with Crippen molar-refractivity contribution in [3.63, 3.8) is 0 Å². The first kappa shape index (κ1) is 8.91. The summed E-state index contributed by atoms with van der Waals surface area (Å²) in [5, 5.41) is 0. The third kappa shape index (κ3) is 1.67. The summed E-state index contributed by atoms with van der Waals surface area (Å²) in [6.07, 6.45) is -0.563. The molecule has 2 N–H and O–H groups in total. The molecule has 1 fully saturated rings. The van der Waals surface area contributed by atoms with Crippen molar-refractivity contribution < 1.29 is 13.6 Å². The third-order valence-corrected chi connectivity index (χ3v) is 3.28. The van der Waals surface area contributed by atoms with Crippen LogP contribution in [0.3, 0.4) is 0 Å². The molecule has 0 saturated carbocycles. The zero-order valence-corrected chi connectivity index (χ0v) is 7.81. The Hall–Kier alpha value is -0.670. The first-order chi connectivity index (χ1) is 6.23. The predicted molar refractivity (Wildman–Crippen MR) is 48.0 cm³/mol. The average molecular weight is 199 g/mol. The van der Waals surface area contributed by atoms with Gasteiger partial charge in [0.25, 0.3) is 0 Å². The van der Waals surface area contributed by atoms with E-state index in [0.717, 1.165) is 5.56 Å². The Bertz CT molecular complexity index is 331. The minimum absolute atomic E-state index is 0.0592. The molecule has 1 aliphatic rings. The van der Waals surface area contributed by atoms with Gasteiger partial charge < -0.3 is 5.73 Å². The fourth-order valence-corrected chi connectivity index (χ4v) is 2.13. The molecule has 0 aromatic heterocycles. The smallest absolute Gasteiger partial charge is 0.320 e. The average Bonchev–Trinajstić information content (AvgIpc) is 2.14. The second-order valence-corrected chi connectivity index (χ2v) is 4.76. The second kappa shape index (κ2) is 3.24. The van der Waals surface area contributed by atoms with Crippen molar-refractivity contribution >= 4 is 7.60 Å². The first-order valence-corrected chi connectivity index (χ1v) is 5.67. The summed E-state index contributed by atoms with van der Waals surface area (Å²) in [5.74, 6) is 0. The molecular formula is C8H10NO3P. The molecule has 5 heteroatoms. The van der Waals surface area contributed by atoms with E-state index >= 15 is 0 Å². The number of nitrogens with two attached hydrogens (primary N) is 1. The number of hydrogen-bond acceptors (Lipinski definition) is 4.